The number of piperidine rings is 1. The standard InChI is InChI=1S/C26H24ClF3N8O2/c1-11-4-13(26(28,29)30)5-14-19-22(31)33-10-34-23(19)37(20(11)14)9-18(39)38-15(6-25(3)7-16(25)38)24(40)36-17-8-32-12(2)21(27)35-17/h4-5,8,10,15-16H,6-7,9H2,1-3H3,(H2,31,33,34)(H,35,36,40)/t15-,16+,25-/m0/s1. The quantitative estimate of drug-likeness (QED) is 0.373. The number of carbonyl (C=O) groups is 2. The lowest BCUT2D eigenvalue weighted by molar-refractivity contribution is -0.138. The Hall–Kier alpha value is -4.00. The molecule has 208 valence electrons. The van der Waals surface area contributed by atoms with Gasteiger partial charge in [-0.2, -0.15) is 13.2 Å². The molecule has 0 spiro atoms. The monoisotopic (exact) mass is 572 g/mol. The molecule has 2 fully saturated rings. The second kappa shape index (κ2) is 8.75. The molecule has 0 bridgehead atoms. The number of hydrogen-bond donors (Lipinski definition) is 2. The maximum absolute atomic E-state index is 13.9. The number of fused-ring (bicyclic) bond motifs is 4. The molecule has 14 heteroatoms. The first-order valence-electron chi connectivity index (χ1n) is 12.5. The first-order valence-corrected chi connectivity index (χ1v) is 12.9. The summed E-state index contributed by atoms with van der Waals surface area (Å²) >= 11 is 6.05. The van der Waals surface area contributed by atoms with Crippen molar-refractivity contribution in [2.24, 2.45) is 5.41 Å². The van der Waals surface area contributed by atoms with Gasteiger partial charge in [0.25, 0.3) is 0 Å². The number of likely N-dealkylation sites (tertiary alicyclic amines) is 1. The summed E-state index contributed by atoms with van der Waals surface area (Å²) in [6.45, 7) is 4.99. The van der Waals surface area contributed by atoms with Crippen LogP contribution in [0.4, 0.5) is 24.8 Å². The van der Waals surface area contributed by atoms with E-state index >= 15 is 0 Å². The van der Waals surface area contributed by atoms with Crippen LogP contribution >= 0.6 is 11.6 Å². The minimum Gasteiger partial charge on any atom is -0.383 e. The molecule has 0 radical (unpaired) electrons. The van der Waals surface area contributed by atoms with Crippen LogP contribution in [0.2, 0.25) is 5.15 Å². The Labute approximate surface area is 230 Å². The molecule has 2 aliphatic rings. The number of aromatic nitrogens is 5. The van der Waals surface area contributed by atoms with Gasteiger partial charge in [-0.3, -0.25) is 14.6 Å². The van der Waals surface area contributed by atoms with Crippen LogP contribution in [0.1, 0.15) is 36.6 Å². The number of aryl methyl sites for hydroxylation is 2. The zero-order valence-electron chi connectivity index (χ0n) is 21.7. The Kier molecular flexibility index (Phi) is 5.74. The largest absolute Gasteiger partial charge is 0.416 e. The third kappa shape index (κ3) is 4.10. The van der Waals surface area contributed by atoms with Gasteiger partial charge in [0.15, 0.2) is 11.0 Å². The molecular formula is C26H24ClF3N8O2. The number of nitrogens with zero attached hydrogens (tertiary/aromatic N) is 6. The van der Waals surface area contributed by atoms with E-state index in [-0.39, 0.29) is 57.1 Å². The molecule has 1 saturated carbocycles. The minimum absolute atomic E-state index is 0.00554. The average Bonchev–Trinajstić information content (AvgIpc) is 3.27. The maximum atomic E-state index is 13.9. The predicted molar refractivity (Wildman–Crippen MR) is 141 cm³/mol. The molecule has 40 heavy (non-hydrogen) atoms. The number of carbonyl (C=O) groups excluding carboxylic acids is 2. The van der Waals surface area contributed by atoms with Crippen LogP contribution in [0.3, 0.4) is 0 Å². The van der Waals surface area contributed by atoms with E-state index in [1.165, 1.54) is 12.5 Å². The van der Waals surface area contributed by atoms with Crippen LogP contribution in [0.5, 0.6) is 0 Å². The summed E-state index contributed by atoms with van der Waals surface area (Å²) < 4.78 is 42.5. The van der Waals surface area contributed by atoms with Gasteiger partial charge in [0.1, 0.15) is 30.4 Å². The highest BCUT2D eigenvalue weighted by atomic mass is 35.5. The second-order valence-electron chi connectivity index (χ2n) is 10.7. The smallest absolute Gasteiger partial charge is 0.383 e. The highest BCUT2D eigenvalue weighted by molar-refractivity contribution is 6.30. The fourth-order valence-electron chi connectivity index (χ4n) is 5.88. The first-order chi connectivity index (χ1) is 18.8. The highest BCUT2D eigenvalue weighted by Crippen LogP contribution is 2.59. The van der Waals surface area contributed by atoms with E-state index in [9.17, 15) is 22.8 Å². The van der Waals surface area contributed by atoms with Crippen LogP contribution in [0, 0.1) is 19.3 Å². The van der Waals surface area contributed by atoms with Crippen molar-refractivity contribution >= 4 is 57.0 Å². The van der Waals surface area contributed by atoms with Gasteiger partial charge < -0.3 is 20.5 Å². The number of rotatable bonds is 4. The summed E-state index contributed by atoms with van der Waals surface area (Å²) in [4.78, 5) is 45.3. The van der Waals surface area contributed by atoms with Crippen molar-refractivity contribution in [2.45, 2.75) is 58.4 Å². The Balaban J connectivity index is 1.38. The topological polar surface area (TPSA) is 132 Å². The van der Waals surface area contributed by atoms with Gasteiger partial charge in [-0.05, 0) is 49.8 Å². The van der Waals surface area contributed by atoms with Crippen LogP contribution < -0.4 is 11.1 Å². The molecule has 4 heterocycles. The SMILES string of the molecule is Cc1ncc(NC(=O)[C@@H]2C[C@@]3(C)C[C@H]3N2C(=O)Cn2c3ncnc(N)c3c3cc(C(F)(F)F)cc(C)c32)nc1Cl. The average molecular weight is 573 g/mol. The fourth-order valence-corrected chi connectivity index (χ4v) is 6.02. The lowest BCUT2D eigenvalue weighted by atomic mass is 10.0. The Bertz CT molecular complexity index is 1740. The molecular weight excluding hydrogens is 549 g/mol. The first kappa shape index (κ1) is 26.2. The molecule has 1 saturated heterocycles. The summed E-state index contributed by atoms with van der Waals surface area (Å²) in [7, 11) is 0. The number of halogens is 4. The van der Waals surface area contributed by atoms with E-state index < -0.39 is 23.7 Å². The van der Waals surface area contributed by atoms with Gasteiger partial charge in [0.05, 0.1) is 28.4 Å². The number of benzene rings is 1. The van der Waals surface area contributed by atoms with Crippen LogP contribution in [0.15, 0.2) is 24.7 Å². The number of anilines is 2. The van der Waals surface area contributed by atoms with Crippen molar-refractivity contribution in [3.63, 3.8) is 0 Å². The maximum Gasteiger partial charge on any atom is 0.416 e. The summed E-state index contributed by atoms with van der Waals surface area (Å²) in [6, 6.07) is 1.12. The van der Waals surface area contributed by atoms with Gasteiger partial charge in [-0.15, -0.1) is 0 Å². The van der Waals surface area contributed by atoms with E-state index in [1.54, 1.807) is 23.3 Å². The van der Waals surface area contributed by atoms with Crippen molar-refractivity contribution in [3.05, 3.63) is 46.6 Å². The Morgan fingerprint density at radius 2 is 1.95 bits per heavy atom. The third-order valence-electron chi connectivity index (χ3n) is 7.95. The van der Waals surface area contributed by atoms with Crippen LogP contribution in [0.25, 0.3) is 21.9 Å². The second-order valence-corrected chi connectivity index (χ2v) is 11.1. The van der Waals surface area contributed by atoms with E-state index in [0.29, 0.717) is 23.2 Å². The minimum atomic E-state index is -4.58. The number of nitrogens with one attached hydrogen (secondary N) is 1. The Morgan fingerprint density at radius 3 is 2.65 bits per heavy atom. The zero-order valence-corrected chi connectivity index (χ0v) is 22.4. The summed E-state index contributed by atoms with van der Waals surface area (Å²) in [5.41, 5.74) is 6.49. The molecule has 10 nitrogen and oxygen atoms in total. The number of amides is 2. The van der Waals surface area contributed by atoms with Gasteiger partial charge in [-0.25, -0.2) is 15.0 Å². The van der Waals surface area contributed by atoms with E-state index in [0.717, 1.165) is 18.6 Å². The third-order valence-corrected chi connectivity index (χ3v) is 8.31. The van der Waals surface area contributed by atoms with Gasteiger partial charge >= 0.3 is 6.18 Å². The van der Waals surface area contributed by atoms with E-state index in [1.807, 2.05) is 6.92 Å². The summed E-state index contributed by atoms with van der Waals surface area (Å²) in [6.07, 6.45) is -0.780. The molecule has 3 atom stereocenters. The number of hydrogen-bond acceptors (Lipinski definition) is 7. The van der Waals surface area contributed by atoms with Gasteiger partial charge in [-0.1, -0.05) is 18.5 Å². The van der Waals surface area contributed by atoms with Crippen molar-refractivity contribution in [1.82, 2.24) is 29.4 Å². The molecule has 1 aliphatic carbocycles. The van der Waals surface area contributed by atoms with E-state index in [4.69, 9.17) is 17.3 Å². The molecule has 3 aromatic heterocycles. The van der Waals surface area contributed by atoms with Gasteiger partial charge in [0.2, 0.25) is 11.8 Å². The molecule has 1 aromatic carbocycles. The van der Waals surface area contributed by atoms with Crippen LogP contribution in [-0.2, 0) is 22.3 Å². The van der Waals surface area contributed by atoms with Crippen LogP contribution in [-0.4, -0.2) is 53.3 Å². The molecule has 1 aliphatic heterocycles. The number of nitrogens with two attached hydrogens (primary N) is 1. The predicted octanol–water partition coefficient (Wildman–Crippen LogP) is 4.26. The molecule has 2 amide bonds. The fraction of sp³-hybridized carbons (Fsp3) is 0.385. The Morgan fingerprint density at radius 1 is 1.20 bits per heavy atom. The molecule has 4 aromatic rings. The van der Waals surface area contributed by atoms with Crippen molar-refractivity contribution in [1.29, 1.82) is 0 Å². The summed E-state index contributed by atoms with van der Waals surface area (Å²) in [5.74, 6) is -0.610. The molecule has 0 unspecified atom stereocenters. The van der Waals surface area contributed by atoms with Gasteiger partial charge in [0, 0.05) is 11.4 Å². The lowest BCUT2D eigenvalue weighted by Gasteiger charge is -2.27. The normalized spacial score (nSPS) is 22.1. The molecule has 6 rings (SSSR count). The summed E-state index contributed by atoms with van der Waals surface area (Å²) in [5, 5.41) is 3.31. The number of alkyl halides is 3. The lowest BCUT2D eigenvalue weighted by Crippen LogP contribution is -2.46. The zero-order chi connectivity index (χ0) is 28.7. The van der Waals surface area contributed by atoms with E-state index in [2.05, 4.69) is 25.3 Å². The molecule has 3 N–H and O–H groups in total. The van der Waals surface area contributed by atoms with Crippen molar-refractivity contribution in [2.75, 3.05) is 11.1 Å². The number of nitrogen functional groups attached to an aromatic ring is 1. The van der Waals surface area contributed by atoms with Crippen molar-refractivity contribution < 1.29 is 22.8 Å². The van der Waals surface area contributed by atoms with Crippen molar-refractivity contribution in [3.8, 4) is 0 Å². The highest BCUT2D eigenvalue weighted by Gasteiger charge is 2.64.